The molecule has 0 aliphatic heterocycles. The molecular formula is C22H23NO3. The van der Waals surface area contributed by atoms with E-state index in [0.29, 0.717) is 11.5 Å². The van der Waals surface area contributed by atoms with Gasteiger partial charge in [-0.2, -0.15) is 0 Å². The van der Waals surface area contributed by atoms with Gasteiger partial charge in [0.1, 0.15) is 6.61 Å². The highest BCUT2D eigenvalue weighted by Crippen LogP contribution is 2.48. The number of hydrogen-bond donors (Lipinski definition) is 1. The molecule has 4 nitrogen and oxygen atoms in total. The minimum Gasteiger partial charge on any atom is -0.461 e. The Morgan fingerprint density at radius 1 is 0.962 bits per heavy atom. The molecule has 4 heteroatoms. The smallest absolute Gasteiger partial charge is 0.309 e. The first-order valence-electron chi connectivity index (χ1n) is 9.31. The molecule has 26 heavy (non-hydrogen) atoms. The van der Waals surface area contributed by atoms with Crippen molar-refractivity contribution in [3.63, 3.8) is 0 Å². The van der Waals surface area contributed by atoms with E-state index in [2.05, 4.69) is 5.32 Å². The lowest BCUT2D eigenvalue weighted by Gasteiger charge is -2.19. The molecule has 0 heterocycles. The van der Waals surface area contributed by atoms with Crippen LogP contribution in [-0.4, -0.2) is 11.9 Å². The zero-order valence-electron chi connectivity index (χ0n) is 14.7. The molecule has 134 valence electrons. The van der Waals surface area contributed by atoms with Crippen molar-refractivity contribution in [2.45, 2.75) is 32.3 Å². The molecule has 0 saturated heterocycles. The highest BCUT2D eigenvalue weighted by atomic mass is 16.5. The van der Waals surface area contributed by atoms with Crippen LogP contribution in [0, 0.1) is 17.8 Å². The predicted octanol–water partition coefficient (Wildman–Crippen LogP) is 4.42. The van der Waals surface area contributed by atoms with Crippen molar-refractivity contribution >= 4 is 17.6 Å². The van der Waals surface area contributed by atoms with Crippen LogP contribution in [0.1, 0.15) is 41.6 Å². The van der Waals surface area contributed by atoms with E-state index < -0.39 is 0 Å². The number of para-hydroxylation sites is 1. The summed E-state index contributed by atoms with van der Waals surface area (Å²) < 4.78 is 5.52. The van der Waals surface area contributed by atoms with Gasteiger partial charge in [0.15, 0.2) is 0 Å². The molecule has 0 radical (unpaired) electrons. The summed E-state index contributed by atoms with van der Waals surface area (Å²) in [5.74, 6) is 1.17. The van der Waals surface area contributed by atoms with Crippen molar-refractivity contribution in [1.82, 2.24) is 0 Å². The second-order valence-electron chi connectivity index (χ2n) is 7.41. The number of anilines is 1. The molecule has 2 bridgehead atoms. The first-order chi connectivity index (χ1) is 12.7. The van der Waals surface area contributed by atoms with Gasteiger partial charge in [-0.05, 0) is 60.9 Å². The van der Waals surface area contributed by atoms with Gasteiger partial charge < -0.3 is 10.1 Å². The number of amides is 1. The summed E-state index contributed by atoms with van der Waals surface area (Å²) in [6.45, 7) is 0.271. The first kappa shape index (κ1) is 16.8. The second-order valence-corrected chi connectivity index (χ2v) is 7.41. The van der Waals surface area contributed by atoms with Crippen LogP contribution >= 0.6 is 0 Å². The van der Waals surface area contributed by atoms with E-state index in [1.807, 2.05) is 42.5 Å². The van der Waals surface area contributed by atoms with Crippen molar-refractivity contribution < 1.29 is 14.3 Å². The van der Waals surface area contributed by atoms with Gasteiger partial charge in [-0.25, -0.2) is 0 Å². The normalized spacial score (nSPS) is 23.6. The number of hydrogen-bond acceptors (Lipinski definition) is 3. The molecule has 0 spiro atoms. The quantitative estimate of drug-likeness (QED) is 0.813. The number of ether oxygens (including phenoxy) is 1. The number of carbonyl (C=O) groups is 2. The lowest BCUT2D eigenvalue weighted by atomic mass is 9.89. The molecule has 2 aliphatic rings. The summed E-state index contributed by atoms with van der Waals surface area (Å²) in [7, 11) is 0. The van der Waals surface area contributed by atoms with Crippen molar-refractivity contribution in [3.05, 3.63) is 65.7 Å². The Morgan fingerprint density at radius 3 is 2.38 bits per heavy atom. The van der Waals surface area contributed by atoms with E-state index >= 15 is 0 Å². The Bertz CT molecular complexity index is 785. The predicted molar refractivity (Wildman–Crippen MR) is 99.6 cm³/mol. The Morgan fingerprint density at radius 2 is 1.73 bits per heavy atom. The molecule has 2 aromatic rings. The molecule has 3 atom stereocenters. The minimum atomic E-state index is -0.151. The van der Waals surface area contributed by atoms with Gasteiger partial charge in [0.2, 0.25) is 0 Å². The topological polar surface area (TPSA) is 55.4 Å². The molecule has 2 fully saturated rings. The van der Waals surface area contributed by atoms with Crippen molar-refractivity contribution in [2.75, 3.05) is 5.32 Å². The number of fused-ring (bicyclic) bond motifs is 2. The summed E-state index contributed by atoms with van der Waals surface area (Å²) in [6.07, 6.45) is 4.66. The summed E-state index contributed by atoms with van der Waals surface area (Å²) in [5, 5.41) is 2.86. The van der Waals surface area contributed by atoms with Crippen LogP contribution in [0.15, 0.2) is 54.6 Å². The maximum atomic E-state index is 12.3. The summed E-state index contributed by atoms with van der Waals surface area (Å²) in [6, 6.07) is 16.6. The summed E-state index contributed by atoms with van der Waals surface area (Å²) in [5.41, 5.74) is 2.25. The monoisotopic (exact) mass is 349 g/mol. The lowest BCUT2D eigenvalue weighted by Crippen LogP contribution is -2.23. The molecule has 2 saturated carbocycles. The molecule has 1 amide bonds. The van der Waals surface area contributed by atoms with Gasteiger partial charge in [-0.15, -0.1) is 0 Å². The number of rotatable bonds is 5. The number of nitrogens with one attached hydrogen (secondary N) is 1. The zero-order valence-corrected chi connectivity index (χ0v) is 14.7. The highest BCUT2D eigenvalue weighted by molar-refractivity contribution is 6.04. The molecule has 2 aromatic carbocycles. The molecule has 0 aromatic heterocycles. The second kappa shape index (κ2) is 7.32. The highest BCUT2D eigenvalue weighted by Gasteiger charge is 2.43. The van der Waals surface area contributed by atoms with E-state index in [-0.39, 0.29) is 24.4 Å². The minimum absolute atomic E-state index is 0.0527. The zero-order chi connectivity index (χ0) is 17.9. The Kier molecular flexibility index (Phi) is 4.74. The Hall–Kier alpha value is -2.62. The van der Waals surface area contributed by atoms with E-state index in [0.717, 1.165) is 23.6 Å². The maximum absolute atomic E-state index is 12.3. The van der Waals surface area contributed by atoms with E-state index in [4.69, 9.17) is 4.74 Å². The average molecular weight is 349 g/mol. The molecule has 0 unspecified atom stereocenters. The van der Waals surface area contributed by atoms with Gasteiger partial charge >= 0.3 is 5.97 Å². The number of esters is 1. The fourth-order valence-electron chi connectivity index (χ4n) is 4.27. The van der Waals surface area contributed by atoms with Gasteiger partial charge in [0, 0.05) is 11.3 Å². The number of benzene rings is 2. The lowest BCUT2D eigenvalue weighted by molar-refractivity contribution is -0.151. The Labute approximate surface area is 153 Å². The van der Waals surface area contributed by atoms with Gasteiger partial charge in [-0.1, -0.05) is 36.8 Å². The van der Waals surface area contributed by atoms with E-state index in [9.17, 15) is 9.59 Å². The van der Waals surface area contributed by atoms with Gasteiger partial charge in [0.25, 0.3) is 5.91 Å². The SMILES string of the molecule is O=C(Nc1ccccc1)c1ccc(COC(=O)[C@@H]2C[C@H]3CC[C@H]2C3)cc1. The standard InChI is InChI=1S/C22H23NO3/c24-21(23-19-4-2-1-3-5-19)17-9-6-15(7-10-17)14-26-22(25)20-13-16-8-11-18(20)12-16/h1-7,9-10,16,18,20H,8,11-14H2,(H,23,24)/t16-,18-,20+/m0/s1. The maximum Gasteiger partial charge on any atom is 0.309 e. The molecule has 2 aliphatic carbocycles. The van der Waals surface area contributed by atoms with Crippen LogP contribution in [0.5, 0.6) is 0 Å². The fraction of sp³-hybridized carbons (Fsp3) is 0.364. The third-order valence-electron chi connectivity index (χ3n) is 5.67. The summed E-state index contributed by atoms with van der Waals surface area (Å²) >= 11 is 0. The third-order valence-corrected chi connectivity index (χ3v) is 5.67. The molecule has 4 rings (SSSR count). The third kappa shape index (κ3) is 3.64. The molecule has 1 N–H and O–H groups in total. The Balaban J connectivity index is 1.30. The van der Waals surface area contributed by atoms with Crippen LogP contribution in [0.3, 0.4) is 0 Å². The van der Waals surface area contributed by atoms with Crippen LogP contribution < -0.4 is 5.32 Å². The van der Waals surface area contributed by atoms with Gasteiger partial charge in [-0.3, -0.25) is 9.59 Å². The van der Waals surface area contributed by atoms with E-state index in [1.165, 1.54) is 19.3 Å². The fourth-order valence-corrected chi connectivity index (χ4v) is 4.27. The first-order valence-corrected chi connectivity index (χ1v) is 9.31. The summed E-state index contributed by atoms with van der Waals surface area (Å²) in [4.78, 5) is 24.5. The largest absolute Gasteiger partial charge is 0.461 e. The number of carbonyl (C=O) groups excluding carboxylic acids is 2. The van der Waals surface area contributed by atoms with Crippen LogP contribution in [0.4, 0.5) is 5.69 Å². The van der Waals surface area contributed by atoms with Crippen molar-refractivity contribution in [3.8, 4) is 0 Å². The van der Waals surface area contributed by atoms with Crippen molar-refractivity contribution in [2.24, 2.45) is 17.8 Å². The van der Waals surface area contributed by atoms with Crippen molar-refractivity contribution in [1.29, 1.82) is 0 Å². The van der Waals surface area contributed by atoms with E-state index in [1.54, 1.807) is 12.1 Å². The van der Waals surface area contributed by atoms with Crippen LogP contribution in [-0.2, 0) is 16.1 Å². The molecular weight excluding hydrogens is 326 g/mol. The van der Waals surface area contributed by atoms with Gasteiger partial charge in [0.05, 0.1) is 5.92 Å². The average Bonchev–Trinajstić information content (AvgIpc) is 3.31. The van der Waals surface area contributed by atoms with Crippen LogP contribution in [0.25, 0.3) is 0 Å². The van der Waals surface area contributed by atoms with Crippen LogP contribution in [0.2, 0.25) is 0 Å².